The smallest absolute Gasteiger partial charge is 0.303 e. The van der Waals surface area contributed by atoms with Crippen molar-refractivity contribution in [1.29, 1.82) is 0 Å². The van der Waals surface area contributed by atoms with E-state index in [1.165, 1.54) is 11.6 Å². The number of aromatic nitrogens is 1. The summed E-state index contributed by atoms with van der Waals surface area (Å²) in [5.41, 5.74) is 6.70. The highest BCUT2D eigenvalue weighted by molar-refractivity contribution is 8.01. The fourth-order valence-electron chi connectivity index (χ4n) is 5.46. The number of aliphatic hydroxyl groups is 1. The first kappa shape index (κ1) is 32.9. The van der Waals surface area contributed by atoms with Gasteiger partial charge in [0, 0.05) is 31.2 Å². The van der Waals surface area contributed by atoms with Crippen LogP contribution in [-0.4, -0.2) is 39.9 Å². The van der Waals surface area contributed by atoms with E-state index in [0.717, 1.165) is 49.0 Å². The second-order valence-corrected chi connectivity index (χ2v) is 13.7. The average molecular weight is 669 g/mol. The molecule has 1 amide bonds. The zero-order valence-electron chi connectivity index (χ0n) is 26.1. The number of nitrogens with one attached hydrogen (secondary N) is 1. The molecule has 1 aromatic heterocycles. The molecule has 2 heterocycles. The van der Waals surface area contributed by atoms with Gasteiger partial charge in [0.2, 0.25) is 0 Å². The molecule has 4 atom stereocenters. The Balaban J connectivity index is 1.19. The third-order valence-corrected chi connectivity index (χ3v) is 10.2. The van der Waals surface area contributed by atoms with E-state index in [1.807, 2.05) is 84.9 Å². The van der Waals surface area contributed by atoms with Gasteiger partial charge in [-0.15, -0.1) is 11.3 Å². The van der Waals surface area contributed by atoms with Crippen molar-refractivity contribution in [2.24, 2.45) is 0 Å². The summed E-state index contributed by atoms with van der Waals surface area (Å²) >= 11 is 3.40. The number of thioether (sulfide) groups is 1. The highest BCUT2D eigenvalue weighted by Gasteiger charge is 2.32. The fourth-order valence-corrected chi connectivity index (χ4v) is 7.57. The Bertz CT molecular complexity index is 1810. The van der Waals surface area contributed by atoms with Crippen LogP contribution in [0.4, 0.5) is 0 Å². The molecule has 0 aliphatic carbocycles. The molecule has 0 saturated carbocycles. The first-order chi connectivity index (χ1) is 22.8. The van der Waals surface area contributed by atoms with Crippen LogP contribution in [0.1, 0.15) is 54.9 Å². The minimum atomic E-state index is -0.859. The molecule has 0 bridgehead atoms. The van der Waals surface area contributed by atoms with Gasteiger partial charge in [-0.3, -0.25) is 9.59 Å². The number of hydrogen-bond acceptors (Lipinski definition) is 9. The molecule has 242 valence electrons. The number of para-hydroxylation sites is 1. The maximum atomic E-state index is 12.4. The maximum absolute atomic E-state index is 12.4. The summed E-state index contributed by atoms with van der Waals surface area (Å²) in [6.07, 6.45) is -1.03. The van der Waals surface area contributed by atoms with Crippen molar-refractivity contribution < 1.29 is 28.9 Å². The van der Waals surface area contributed by atoms with Gasteiger partial charge in [0.25, 0.3) is 5.91 Å². The highest BCUT2D eigenvalue weighted by atomic mass is 32.2. The van der Waals surface area contributed by atoms with Crippen LogP contribution >= 0.6 is 23.1 Å². The van der Waals surface area contributed by atoms with E-state index >= 15 is 0 Å². The van der Waals surface area contributed by atoms with E-state index in [-0.39, 0.29) is 24.7 Å². The highest BCUT2D eigenvalue weighted by Crippen LogP contribution is 2.41. The Morgan fingerprint density at radius 2 is 1.72 bits per heavy atom. The van der Waals surface area contributed by atoms with Crippen LogP contribution in [0.3, 0.4) is 0 Å². The molecule has 1 fully saturated rings. The number of thiazole rings is 1. The lowest BCUT2D eigenvalue weighted by molar-refractivity contribution is -0.245. The Morgan fingerprint density at radius 3 is 2.49 bits per heavy atom. The monoisotopic (exact) mass is 668 g/mol. The Labute approximate surface area is 282 Å². The van der Waals surface area contributed by atoms with E-state index in [1.54, 1.807) is 30.0 Å². The lowest BCUT2D eigenvalue weighted by Gasteiger charge is -2.36. The number of fused-ring (bicyclic) bond motifs is 1. The normalized spacial score (nSPS) is 18.5. The van der Waals surface area contributed by atoms with Crippen LogP contribution < -0.4 is 5.32 Å². The third-order valence-electron chi connectivity index (χ3n) is 7.88. The van der Waals surface area contributed by atoms with Crippen LogP contribution in [0.2, 0.25) is 0 Å². The van der Waals surface area contributed by atoms with E-state index < -0.39 is 18.4 Å². The lowest BCUT2D eigenvalue weighted by Crippen LogP contribution is -2.35. The van der Waals surface area contributed by atoms with Crippen molar-refractivity contribution in [3.63, 3.8) is 0 Å². The van der Waals surface area contributed by atoms with Crippen LogP contribution in [0.25, 0.3) is 21.3 Å². The molecule has 2 N–H and O–H groups in total. The number of carbonyl (C=O) groups is 2. The van der Waals surface area contributed by atoms with Crippen molar-refractivity contribution in [2.75, 3.05) is 5.75 Å². The van der Waals surface area contributed by atoms with Gasteiger partial charge in [0.05, 0.1) is 29.0 Å². The minimum Gasteiger partial charge on any atom is -0.453 e. The van der Waals surface area contributed by atoms with Crippen molar-refractivity contribution in [2.45, 2.75) is 62.4 Å². The number of amides is 1. The van der Waals surface area contributed by atoms with Gasteiger partial charge in [0.15, 0.2) is 16.7 Å². The summed E-state index contributed by atoms with van der Waals surface area (Å²) in [6, 6.07) is 32.2. The molecule has 10 heteroatoms. The number of aliphatic hydroxyl groups excluding tert-OH is 1. The Hall–Kier alpha value is -4.06. The zero-order valence-corrected chi connectivity index (χ0v) is 27.8. The largest absolute Gasteiger partial charge is 0.453 e. The quantitative estimate of drug-likeness (QED) is 0.111. The molecule has 0 radical (unpaired) electrons. The van der Waals surface area contributed by atoms with Crippen molar-refractivity contribution in [1.82, 2.24) is 10.3 Å². The van der Waals surface area contributed by atoms with Gasteiger partial charge in [-0.25, -0.2) is 4.98 Å². The van der Waals surface area contributed by atoms with Gasteiger partial charge in [-0.2, -0.15) is 0 Å². The van der Waals surface area contributed by atoms with Crippen molar-refractivity contribution >= 4 is 45.2 Å². The fraction of sp³-hybridized carbons (Fsp3) is 0.270. The SMILES string of the molecule is CC(=O)O[C@@H](C)C(=O)NCc1cccc(-c2cccc([C@@H]3O[C@H](CSc4nc5ccccc5s4)C[C@H](c4ccc(CO)cc4)O3)c2)c1. The van der Waals surface area contributed by atoms with Crippen molar-refractivity contribution in [3.8, 4) is 11.1 Å². The number of ether oxygens (including phenoxy) is 3. The molecule has 1 saturated heterocycles. The number of carbonyl (C=O) groups excluding carboxylic acids is 2. The Morgan fingerprint density at radius 1 is 0.957 bits per heavy atom. The lowest BCUT2D eigenvalue weighted by atomic mass is 9.99. The molecular formula is C37H36N2O6S2. The number of nitrogens with zero attached hydrogens (tertiary/aromatic N) is 1. The van der Waals surface area contributed by atoms with Gasteiger partial charge in [0.1, 0.15) is 0 Å². The second-order valence-electron chi connectivity index (χ2n) is 11.4. The van der Waals surface area contributed by atoms with Crippen LogP contribution in [0.15, 0.2) is 101 Å². The zero-order chi connectivity index (χ0) is 32.8. The second kappa shape index (κ2) is 15.2. The molecule has 4 aromatic carbocycles. The van der Waals surface area contributed by atoms with Gasteiger partial charge >= 0.3 is 5.97 Å². The first-order valence-corrected chi connectivity index (χ1v) is 17.3. The molecule has 47 heavy (non-hydrogen) atoms. The average Bonchev–Trinajstić information content (AvgIpc) is 3.53. The predicted octanol–water partition coefficient (Wildman–Crippen LogP) is 7.36. The maximum Gasteiger partial charge on any atom is 0.303 e. The Kier molecular flexibility index (Phi) is 10.6. The van der Waals surface area contributed by atoms with E-state index in [4.69, 9.17) is 19.2 Å². The summed E-state index contributed by atoms with van der Waals surface area (Å²) in [4.78, 5) is 28.3. The molecule has 1 aliphatic heterocycles. The molecule has 1 aliphatic rings. The molecule has 5 aromatic rings. The summed E-state index contributed by atoms with van der Waals surface area (Å²) in [5, 5.41) is 12.4. The van der Waals surface area contributed by atoms with Gasteiger partial charge in [-0.05, 0) is 59.0 Å². The number of hydrogen-bond donors (Lipinski definition) is 2. The summed E-state index contributed by atoms with van der Waals surface area (Å²) in [7, 11) is 0. The van der Waals surface area contributed by atoms with E-state index in [2.05, 4.69) is 17.4 Å². The molecule has 8 nitrogen and oxygen atoms in total. The van der Waals surface area contributed by atoms with E-state index in [0.29, 0.717) is 13.0 Å². The summed E-state index contributed by atoms with van der Waals surface area (Å²) < 4.78 is 20.4. The van der Waals surface area contributed by atoms with Gasteiger partial charge < -0.3 is 24.6 Å². The number of esters is 1. The van der Waals surface area contributed by atoms with Crippen molar-refractivity contribution in [3.05, 3.63) is 119 Å². The summed E-state index contributed by atoms with van der Waals surface area (Å²) in [6.45, 7) is 3.13. The van der Waals surface area contributed by atoms with Crippen LogP contribution in [-0.2, 0) is 37.0 Å². The van der Waals surface area contributed by atoms with Gasteiger partial charge in [-0.1, -0.05) is 84.6 Å². The summed E-state index contributed by atoms with van der Waals surface area (Å²) in [5.74, 6) is -0.116. The minimum absolute atomic E-state index is 0.00720. The number of rotatable bonds is 11. The molecular weight excluding hydrogens is 633 g/mol. The standard InChI is InChI=1S/C37H36N2O6S2/c1-23(43-24(2)41)35(42)38-20-26-7-5-8-28(17-26)29-9-6-10-30(18-29)36-44-31(19-33(45-36)27-15-13-25(21-40)14-16-27)22-46-37-39-32-11-3-4-12-34(32)47-37/h3-18,23,31,33,36,40H,19-22H2,1-2H3,(H,38,42)/t23-,31-,33+,36+/m0/s1. The van der Waals surface area contributed by atoms with Crippen LogP contribution in [0, 0.1) is 0 Å². The predicted molar refractivity (Wildman–Crippen MR) is 184 cm³/mol. The molecule has 6 rings (SSSR count). The van der Waals surface area contributed by atoms with E-state index in [9.17, 15) is 14.7 Å². The molecule has 0 unspecified atom stereocenters. The first-order valence-electron chi connectivity index (χ1n) is 15.5. The third kappa shape index (κ3) is 8.46. The van der Waals surface area contributed by atoms with Crippen LogP contribution in [0.5, 0.6) is 0 Å². The molecule has 0 spiro atoms. The topological polar surface area (TPSA) is 107 Å². The number of benzene rings is 4.